The number of aliphatic imine (C=N–C) groups is 1. The quantitative estimate of drug-likeness (QED) is 0.541. The Morgan fingerprint density at radius 3 is 2.64 bits per heavy atom. The van der Waals surface area contributed by atoms with Crippen LogP contribution in [0.3, 0.4) is 0 Å². The SMILES string of the molecule is CN=C(NCCc1ccc(OC)cc1)NCc1cccnc1OC1CCCC1. The Labute approximate surface area is 167 Å². The number of hydrogen-bond acceptors (Lipinski definition) is 4. The van der Waals surface area contributed by atoms with Crippen LogP contribution in [0, 0.1) is 0 Å². The maximum atomic E-state index is 6.11. The van der Waals surface area contributed by atoms with E-state index >= 15 is 0 Å². The average molecular weight is 383 g/mol. The molecule has 1 heterocycles. The summed E-state index contributed by atoms with van der Waals surface area (Å²) in [4.78, 5) is 8.74. The van der Waals surface area contributed by atoms with E-state index in [-0.39, 0.29) is 0 Å². The molecular weight excluding hydrogens is 352 g/mol. The van der Waals surface area contributed by atoms with Crippen LogP contribution >= 0.6 is 0 Å². The van der Waals surface area contributed by atoms with Crippen LogP contribution in [0.4, 0.5) is 0 Å². The second-order valence-corrected chi connectivity index (χ2v) is 6.94. The van der Waals surface area contributed by atoms with Gasteiger partial charge in [0.2, 0.25) is 5.88 Å². The van der Waals surface area contributed by atoms with Gasteiger partial charge in [0.25, 0.3) is 0 Å². The summed E-state index contributed by atoms with van der Waals surface area (Å²) < 4.78 is 11.3. The molecule has 0 atom stereocenters. The number of aromatic nitrogens is 1. The highest BCUT2D eigenvalue weighted by Gasteiger charge is 2.18. The van der Waals surface area contributed by atoms with Gasteiger partial charge in [-0.3, -0.25) is 4.99 Å². The predicted molar refractivity (Wildman–Crippen MR) is 112 cm³/mol. The summed E-state index contributed by atoms with van der Waals surface area (Å²) >= 11 is 0. The van der Waals surface area contributed by atoms with Crippen molar-refractivity contribution in [2.45, 2.75) is 44.8 Å². The molecule has 1 fully saturated rings. The lowest BCUT2D eigenvalue weighted by atomic mass is 10.1. The van der Waals surface area contributed by atoms with Crippen LogP contribution < -0.4 is 20.1 Å². The summed E-state index contributed by atoms with van der Waals surface area (Å²) in [7, 11) is 3.46. The van der Waals surface area contributed by atoms with Crippen LogP contribution in [0.25, 0.3) is 0 Å². The summed E-state index contributed by atoms with van der Waals surface area (Å²) in [5.74, 6) is 2.38. The summed E-state index contributed by atoms with van der Waals surface area (Å²) in [5.41, 5.74) is 2.30. The van der Waals surface area contributed by atoms with Crippen molar-refractivity contribution in [1.29, 1.82) is 0 Å². The van der Waals surface area contributed by atoms with Crippen LogP contribution in [-0.4, -0.2) is 37.7 Å². The maximum Gasteiger partial charge on any atom is 0.218 e. The van der Waals surface area contributed by atoms with Crippen molar-refractivity contribution in [3.05, 3.63) is 53.7 Å². The number of guanidine groups is 1. The second kappa shape index (κ2) is 10.5. The number of methoxy groups -OCH3 is 1. The third-order valence-electron chi connectivity index (χ3n) is 4.97. The van der Waals surface area contributed by atoms with Gasteiger partial charge in [-0.25, -0.2) is 4.98 Å². The molecule has 1 aliphatic carbocycles. The van der Waals surface area contributed by atoms with Gasteiger partial charge in [0.15, 0.2) is 5.96 Å². The molecule has 0 spiro atoms. The molecule has 150 valence electrons. The van der Waals surface area contributed by atoms with Crippen LogP contribution in [0.15, 0.2) is 47.6 Å². The van der Waals surface area contributed by atoms with Gasteiger partial charge >= 0.3 is 0 Å². The topological polar surface area (TPSA) is 67.8 Å². The lowest BCUT2D eigenvalue weighted by Crippen LogP contribution is -2.38. The number of nitrogens with one attached hydrogen (secondary N) is 2. The first-order valence-corrected chi connectivity index (χ1v) is 9.96. The zero-order chi connectivity index (χ0) is 19.6. The van der Waals surface area contributed by atoms with Crippen molar-refractivity contribution < 1.29 is 9.47 Å². The van der Waals surface area contributed by atoms with E-state index in [1.807, 2.05) is 18.2 Å². The molecule has 28 heavy (non-hydrogen) atoms. The Balaban J connectivity index is 1.47. The average Bonchev–Trinajstić information content (AvgIpc) is 3.25. The number of benzene rings is 1. The Morgan fingerprint density at radius 1 is 1.14 bits per heavy atom. The standard InChI is InChI=1S/C22H30N4O2/c1-23-22(25-15-13-17-9-11-19(27-2)12-10-17)26-16-18-6-5-14-24-21(18)28-20-7-3-4-8-20/h5-6,9-12,14,20H,3-4,7-8,13,15-16H2,1-2H3,(H2,23,25,26). The molecule has 1 aliphatic rings. The van der Waals surface area contributed by atoms with Gasteiger partial charge in [0, 0.05) is 31.9 Å². The van der Waals surface area contributed by atoms with Gasteiger partial charge in [-0.05, 0) is 55.9 Å². The molecule has 0 saturated heterocycles. The van der Waals surface area contributed by atoms with Crippen molar-refractivity contribution in [2.75, 3.05) is 20.7 Å². The van der Waals surface area contributed by atoms with E-state index < -0.39 is 0 Å². The molecule has 2 aromatic rings. The third-order valence-corrected chi connectivity index (χ3v) is 4.97. The van der Waals surface area contributed by atoms with Crippen molar-refractivity contribution in [3.63, 3.8) is 0 Å². The maximum absolute atomic E-state index is 6.11. The molecule has 0 aliphatic heterocycles. The molecule has 6 nitrogen and oxygen atoms in total. The minimum absolute atomic E-state index is 0.301. The monoisotopic (exact) mass is 382 g/mol. The highest BCUT2D eigenvalue weighted by molar-refractivity contribution is 5.79. The van der Waals surface area contributed by atoms with Crippen LogP contribution in [0.1, 0.15) is 36.8 Å². The number of ether oxygens (including phenoxy) is 2. The molecule has 0 amide bonds. The van der Waals surface area contributed by atoms with Gasteiger partial charge < -0.3 is 20.1 Å². The van der Waals surface area contributed by atoms with Crippen molar-refractivity contribution >= 4 is 5.96 Å². The molecule has 1 aromatic heterocycles. The fourth-order valence-corrected chi connectivity index (χ4v) is 3.35. The molecule has 0 radical (unpaired) electrons. The van der Waals surface area contributed by atoms with E-state index in [0.717, 1.165) is 49.0 Å². The Hall–Kier alpha value is -2.76. The van der Waals surface area contributed by atoms with Crippen LogP contribution in [-0.2, 0) is 13.0 Å². The summed E-state index contributed by atoms with van der Waals surface area (Å²) in [6.07, 6.45) is 7.74. The number of hydrogen-bond donors (Lipinski definition) is 2. The van der Waals surface area contributed by atoms with Crippen LogP contribution in [0.5, 0.6) is 11.6 Å². The van der Waals surface area contributed by atoms with E-state index in [2.05, 4.69) is 38.8 Å². The minimum atomic E-state index is 0.301. The second-order valence-electron chi connectivity index (χ2n) is 6.94. The normalized spacial score (nSPS) is 14.7. The van der Waals surface area contributed by atoms with E-state index in [0.29, 0.717) is 12.6 Å². The fourth-order valence-electron chi connectivity index (χ4n) is 3.35. The van der Waals surface area contributed by atoms with Gasteiger partial charge in [0.1, 0.15) is 11.9 Å². The predicted octanol–water partition coefficient (Wildman–Crippen LogP) is 3.32. The summed E-state index contributed by atoms with van der Waals surface area (Å²) in [5, 5.41) is 6.71. The van der Waals surface area contributed by atoms with Gasteiger partial charge in [0.05, 0.1) is 7.11 Å². The third kappa shape index (κ3) is 5.87. The first-order chi connectivity index (χ1) is 13.8. The molecular formula is C22H30N4O2. The smallest absolute Gasteiger partial charge is 0.218 e. The van der Waals surface area contributed by atoms with Gasteiger partial charge in [-0.2, -0.15) is 0 Å². The van der Waals surface area contributed by atoms with E-state index in [9.17, 15) is 0 Å². The Morgan fingerprint density at radius 2 is 1.93 bits per heavy atom. The molecule has 3 rings (SSSR count). The number of rotatable bonds is 8. The molecule has 6 heteroatoms. The summed E-state index contributed by atoms with van der Waals surface area (Å²) in [6, 6.07) is 12.1. The van der Waals surface area contributed by atoms with Crippen LogP contribution in [0.2, 0.25) is 0 Å². The molecule has 1 saturated carbocycles. The van der Waals surface area contributed by atoms with E-state index in [1.54, 1.807) is 20.4 Å². The molecule has 1 aromatic carbocycles. The zero-order valence-electron chi connectivity index (χ0n) is 16.8. The largest absolute Gasteiger partial charge is 0.497 e. The van der Waals surface area contributed by atoms with Gasteiger partial charge in [-0.15, -0.1) is 0 Å². The number of nitrogens with zero attached hydrogens (tertiary/aromatic N) is 2. The fraction of sp³-hybridized carbons (Fsp3) is 0.455. The zero-order valence-corrected chi connectivity index (χ0v) is 16.8. The highest BCUT2D eigenvalue weighted by Crippen LogP contribution is 2.24. The molecule has 2 N–H and O–H groups in total. The lowest BCUT2D eigenvalue weighted by Gasteiger charge is -2.17. The Kier molecular flexibility index (Phi) is 7.53. The highest BCUT2D eigenvalue weighted by atomic mass is 16.5. The molecule has 0 unspecified atom stereocenters. The first-order valence-electron chi connectivity index (χ1n) is 9.96. The first kappa shape index (κ1) is 20.0. The summed E-state index contributed by atoms with van der Waals surface area (Å²) in [6.45, 7) is 1.42. The number of pyridine rings is 1. The minimum Gasteiger partial charge on any atom is -0.497 e. The molecule has 0 bridgehead atoms. The van der Waals surface area contributed by atoms with E-state index in [4.69, 9.17) is 9.47 Å². The van der Waals surface area contributed by atoms with Crippen molar-refractivity contribution in [2.24, 2.45) is 4.99 Å². The lowest BCUT2D eigenvalue weighted by molar-refractivity contribution is 0.199. The van der Waals surface area contributed by atoms with E-state index in [1.165, 1.54) is 18.4 Å². The van der Waals surface area contributed by atoms with Crippen molar-refractivity contribution in [1.82, 2.24) is 15.6 Å². The Bertz CT molecular complexity index is 755. The van der Waals surface area contributed by atoms with Crippen molar-refractivity contribution in [3.8, 4) is 11.6 Å². The van der Waals surface area contributed by atoms with Gasteiger partial charge in [-0.1, -0.05) is 18.2 Å².